The summed E-state index contributed by atoms with van der Waals surface area (Å²) in [7, 11) is 1.66. The number of hydrogen-bond donors (Lipinski definition) is 1. The lowest BCUT2D eigenvalue weighted by Crippen LogP contribution is -2.67. The second-order valence-electron chi connectivity index (χ2n) is 9.15. The molecule has 3 heterocycles. The van der Waals surface area contributed by atoms with Crippen LogP contribution < -0.4 is 10.1 Å². The molecular formula is C23H22F3N5O3S. The largest absolute Gasteiger partial charge is 0.573 e. The van der Waals surface area contributed by atoms with Gasteiger partial charge in [0, 0.05) is 43.3 Å². The van der Waals surface area contributed by atoms with Gasteiger partial charge in [0.1, 0.15) is 17.8 Å². The predicted octanol–water partition coefficient (Wildman–Crippen LogP) is 4.67. The maximum Gasteiger partial charge on any atom is 0.573 e. The fraction of sp³-hybridized carbons (Fsp3) is 0.391. The van der Waals surface area contributed by atoms with Gasteiger partial charge in [0.25, 0.3) is 5.91 Å². The molecule has 1 aromatic carbocycles. The van der Waals surface area contributed by atoms with Crippen molar-refractivity contribution in [2.45, 2.75) is 32.2 Å². The average molecular weight is 506 g/mol. The zero-order chi connectivity index (χ0) is 25.0. The Morgan fingerprint density at radius 1 is 1.23 bits per heavy atom. The lowest BCUT2D eigenvalue weighted by Gasteiger charge is -2.60. The van der Waals surface area contributed by atoms with E-state index in [1.165, 1.54) is 29.8 Å². The summed E-state index contributed by atoms with van der Waals surface area (Å²) in [4.78, 5) is 37.4. The molecule has 1 aliphatic carbocycles. The van der Waals surface area contributed by atoms with E-state index in [1.807, 2.05) is 11.4 Å². The molecule has 1 spiro atoms. The summed E-state index contributed by atoms with van der Waals surface area (Å²) in [6, 6.07) is 5.23. The first-order chi connectivity index (χ1) is 16.5. The van der Waals surface area contributed by atoms with E-state index in [4.69, 9.17) is 0 Å². The van der Waals surface area contributed by atoms with Gasteiger partial charge in [-0.25, -0.2) is 14.8 Å². The minimum absolute atomic E-state index is 0.0210. The van der Waals surface area contributed by atoms with E-state index >= 15 is 0 Å². The normalized spacial score (nSPS) is 17.1. The number of likely N-dealkylation sites (tertiary alicyclic amines) is 1. The number of halogens is 3. The second-order valence-corrected chi connectivity index (χ2v) is 10.1. The first kappa shape index (κ1) is 23.3. The summed E-state index contributed by atoms with van der Waals surface area (Å²) in [6.45, 7) is 2.89. The van der Waals surface area contributed by atoms with Crippen LogP contribution >= 0.6 is 11.3 Å². The monoisotopic (exact) mass is 505 g/mol. The molecule has 3 amide bonds. The molecule has 2 fully saturated rings. The molecule has 0 unspecified atom stereocenters. The third-order valence-electron chi connectivity index (χ3n) is 6.68. The van der Waals surface area contributed by atoms with Crippen molar-refractivity contribution >= 4 is 39.2 Å². The molecule has 2 aromatic heterocycles. The van der Waals surface area contributed by atoms with Crippen LogP contribution in [0.4, 0.5) is 23.7 Å². The molecule has 35 heavy (non-hydrogen) atoms. The van der Waals surface area contributed by atoms with Crippen LogP contribution in [-0.2, 0) is 0 Å². The molecule has 2 aliphatic rings. The highest BCUT2D eigenvalue weighted by Gasteiger charge is 2.55. The number of hydrogen-bond acceptors (Lipinski definition) is 6. The Morgan fingerprint density at radius 3 is 2.69 bits per heavy atom. The number of ether oxygens (including phenoxy) is 1. The Labute approximate surface area is 202 Å². The van der Waals surface area contributed by atoms with Gasteiger partial charge >= 0.3 is 12.4 Å². The Hall–Kier alpha value is -3.41. The fourth-order valence-electron chi connectivity index (χ4n) is 4.77. The van der Waals surface area contributed by atoms with Crippen LogP contribution in [0.15, 0.2) is 36.0 Å². The Balaban J connectivity index is 1.16. The van der Waals surface area contributed by atoms with Crippen molar-refractivity contribution in [3.8, 4) is 5.75 Å². The Morgan fingerprint density at radius 2 is 1.97 bits per heavy atom. The van der Waals surface area contributed by atoms with Crippen LogP contribution in [0.25, 0.3) is 10.2 Å². The number of nitrogens with zero attached hydrogens (tertiary/aromatic N) is 4. The van der Waals surface area contributed by atoms with Crippen LogP contribution in [-0.4, -0.2) is 64.2 Å². The predicted molar refractivity (Wildman–Crippen MR) is 123 cm³/mol. The number of carbonyl (C=O) groups excluding carboxylic acids is 2. The fourth-order valence-corrected chi connectivity index (χ4v) is 5.60. The molecular weight excluding hydrogens is 483 g/mol. The number of aromatic nitrogens is 2. The number of benzene rings is 1. The molecule has 5 rings (SSSR count). The molecule has 12 heteroatoms. The van der Waals surface area contributed by atoms with Crippen LogP contribution in [0.2, 0.25) is 0 Å². The molecule has 0 atom stereocenters. The summed E-state index contributed by atoms with van der Waals surface area (Å²) in [5.74, 6) is -0.511. The number of rotatable bonds is 4. The zero-order valence-corrected chi connectivity index (χ0v) is 19.7. The molecule has 1 aliphatic heterocycles. The van der Waals surface area contributed by atoms with E-state index in [1.54, 1.807) is 23.8 Å². The van der Waals surface area contributed by atoms with Crippen LogP contribution in [0.3, 0.4) is 0 Å². The van der Waals surface area contributed by atoms with E-state index in [-0.39, 0.29) is 23.1 Å². The van der Waals surface area contributed by atoms with Crippen LogP contribution in [0, 0.1) is 12.3 Å². The topological polar surface area (TPSA) is 87.7 Å². The number of carbonyl (C=O) groups is 2. The van der Waals surface area contributed by atoms with Gasteiger partial charge in [0.15, 0.2) is 0 Å². The lowest BCUT2D eigenvalue weighted by molar-refractivity contribution is -0.274. The number of anilines is 1. The lowest BCUT2D eigenvalue weighted by atomic mass is 9.60. The first-order valence-corrected chi connectivity index (χ1v) is 11.8. The van der Waals surface area contributed by atoms with Crippen LogP contribution in [0.5, 0.6) is 5.75 Å². The van der Waals surface area contributed by atoms with Gasteiger partial charge in [-0.2, -0.15) is 0 Å². The minimum atomic E-state index is -4.81. The van der Waals surface area contributed by atoms with Crippen molar-refractivity contribution in [1.29, 1.82) is 0 Å². The Bertz CT molecular complexity index is 1300. The number of thiophene rings is 1. The summed E-state index contributed by atoms with van der Waals surface area (Å²) < 4.78 is 42.3. The van der Waals surface area contributed by atoms with Gasteiger partial charge < -0.3 is 19.9 Å². The van der Waals surface area contributed by atoms with Crippen molar-refractivity contribution in [2.75, 3.05) is 25.5 Å². The highest BCUT2D eigenvalue weighted by molar-refractivity contribution is 7.17. The number of fused-ring (bicyclic) bond motifs is 1. The molecule has 8 nitrogen and oxygen atoms in total. The Kier molecular flexibility index (Phi) is 5.58. The number of urea groups is 1. The van der Waals surface area contributed by atoms with Crippen molar-refractivity contribution in [3.63, 3.8) is 0 Å². The first-order valence-electron chi connectivity index (χ1n) is 10.9. The molecule has 1 N–H and O–H groups in total. The van der Waals surface area contributed by atoms with Gasteiger partial charge in [-0.1, -0.05) is 6.07 Å². The van der Waals surface area contributed by atoms with E-state index in [0.717, 1.165) is 29.1 Å². The molecule has 184 valence electrons. The van der Waals surface area contributed by atoms with Crippen LogP contribution in [0.1, 0.15) is 28.9 Å². The highest BCUT2D eigenvalue weighted by Crippen LogP contribution is 2.50. The van der Waals surface area contributed by atoms with E-state index in [0.29, 0.717) is 24.3 Å². The zero-order valence-electron chi connectivity index (χ0n) is 18.9. The van der Waals surface area contributed by atoms with Crippen molar-refractivity contribution in [1.82, 2.24) is 19.8 Å². The standard InChI is InChI=1S/C23H22F3N5O3S/c1-13-3-4-15(34-23(24,25)26)7-17(13)29-21(33)30(2)14-8-22(9-14)10-31(11-22)20(32)18-19-16(5-6-35-19)27-12-28-18/h3-7,12,14H,8-11H2,1-2H3,(H,29,33). The number of nitrogens with one attached hydrogen (secondary N) is 1. The number of amides is 3. The number of aryl methyl sites for hydroxylation is 1. The van der Waals surface area contributed by atoms with E-state index in [2.05, 4.69) is 20.0 Å². The van der Waals surface area contributed by atoms with Crippen molar-refractivity contribution in [2.24, 2.45) is 5.41 Å². The highest BCUT2D eigenvalue weighted by atomic mass is 32.1. The molecule has 1 saturated heterocycles. The molecule has 0 radical (unpaired) electrons. The van der Waals surface area contributed by atoms with Gasteiger partial charge in [-0.05, 0) is 42.8 Å². The second kappa shape index (κ2) is 8.36. The molecule has 1 saturated carbocycles. The minimum Gasteiger partial charge on any atom is -0.406 e. The average Bonchev–Trinajstić information content (AvgIpc) is 3.21. The van der Waals surface area contributed by atoms with E-state index < -0.39 is 18.1 Å². The van der Waals surface area contributed by atoms with Gasteiger partial charge in [0.05, 0.1) is 10.2 Å². The maximum atomic E-state index is 12.9. The quantitative estimate of drug-likeness (QED) is 0.557. The third-order valence-corrected chi connectivity index (χ3v) is 7.59. The summed E-state index contributed by atoms with van der Waals surface area (Å²) >= 11 is 1.44. The van der Waals surface area contributed by atoms with Gasteiger partial charge in [0.2, 0.25) is 0 Å². The molecule has 3 aromatic rings. The van der Waals surface area contributed by atoms with Gasteiger partial charge in [-0.15, -0.1) is 24.5 Å². The molecule has 0 bridgehead atoms. The summed E-state index contributed by atoms with van der Waals surface area (Å²) in [6.07, 6.45) is -1.92. The van der Waals surface area contributed by atoms with Gasteiger partial charge in [-0.3, -0.25) is 4.79 Å². The SMILES string of the molecule is Cc1ccc(OC(F)(F)F)cc1NC(=O)N(C)C1CC2(C1)CN(C(=O)c1ncnc3ccsc13)C2. The third kappa shape index (κ3) is 4.49. The van der Waals surface area contributed by atoms with E-state index in [9.17, 15) is 22.8 Å². The van der Waals surface area contributed by atoms with Crippen molar-refractivity contribution in [3.05, 3.63) is 47.2 Å². The summed E-state index contributed by atoms with van der Waals surface area (Å²) in [5.41, 5.74) is 2.02. The number of alkyl halides is 3. The van der Waals surface area contributed by atoms with Crippen molar-refractivity contribution < 1.29 is 27.5 Å². The smallest absolute Gasteiger partial charge is 0.406 e. The maximum absolute atomic E-state index is 12.9. The summed E-state index contributed by atoms with van der Waals surface area (Å²) in [5, 5.41) is 4.55.